The molecule has 0 amide bonds. The Morgan fingerprint density at radius 2 is 0.677 bits per heavy atom. The molecule has 4 nitrogen and oxygen atoms in total. The summed E-state index contributed by atoms with van der Waals surface area (Å²) in [6.07, 6.45) is 22.9. The minimum Gasteiger partial charge on any atom is -0.395 e. The molecule has 4 N–H and O–H groups in total. The van der Waals surface area contributed by atoms with Crippen molar-refractivity contribution >= 4 is 0 Å². The lowest BCUT2D eigenvalue weighted by atomic mass is 9.68. The molecular formula is C27H56O4. The Morgan fingerprint density at radius 3 is 0.935 bits per heavy atom. The van der Waals surface area contributed by atoms with Crippen LogP contribution in [0.2, 0.25) is 0 Å². The second kappa shape index (κ2) is 20.4. The van der Waals surface area contributed by atoms with E-state index in [9.17, 15) is 20.4 Å². The first-order chi connectivity index (χ1) is 15.1. The van der Waals surface area contributed by atoms with E-state index in [1.54, 1.807) is 0 Å². The van der Waals surface area contributed by atoms with Crippen LogP contribution in [0.3, 0.4) is 0 Å². The number of aliphatic hydroxyl groups is 4. The molecule has 0 unspecified atom stereocenters. The van der Waals surface area contributed by atoms with E-state index in [2.05, 4.69) is 13.8 Å². The van der Waals surface area contributed by atoms with E-state index in [1.807, 2.05) is 0 Å². The van der Waals surface area contributed by atoms with Gasteiger partial charge in [-0.15, -0.1) is 0 Å². The molecule has 0 saturated heterocycles. The van der Waals surface area contributed by atoms with Crippen molar-refractivity contribution in [2.45, 2.75) is 148 Å². The zero-order chi connectivity index (χ0) is 23.3. The highest BCUT2D eigenvalue weighted by atomic mass is 16.3. The van der Waals surface area contributed by atoms with Gasteiger partial charge in [-0.2, -0.15) is 0 Å². The third kappa shape index (κ3) is 13.2. The predicted octanol–water partition coefficient (Wildman–Crippen LogP) is 6.52. The van der Waals surface area contributed by atoms with Crippen molar-refractivity contribution < 1.29 is 20.4 Å². The van der Waals surface area contributed by atoms with Gasteiger partial charge in [0.1, 0.15) is 0 Å². The van der Waals surface area contributed by atoms with Gasteiger partial charge in [0.15, 0.2) is 0 Å². The maximum absolute atomic E-state index is 11.4. The van der Waals surface area contributed by atoms with Crippen molar-refractivity contribution in [1.29, 1.82) is 0 Å². The van der Waals surface area contributed by atoms with Crippen molar-refractivity contribution in [3.05, 3.63) is 0 Å². The molecule has 31 heavy (non-hydrogen) atoms. The average molecular weight is 445 g/mol. The van der Waals surface area contributed by atoms with Crippen molar-refractivity contribution in [3.63, 3.8) is 0 Å². The molecule has 188 valence electrons. The van der Waals surface area contributed by atoms with Gasteiger partial charge >= 0.3 is 0 Å². The topological polar surface area (TPSA) is 80.9 Å². The van der Waals surface area contributed by atoms with Gasteiger partial charge in [0.25, 0.3) is 0 Å². The summed E-state index contributed by atoms with van der Waals surface area (Å²) >= 11 is 0. The highest BCUT2D eigenvalue weighted by Gasteiger charge is 2.48. The Bertz CT molecular complexity index is 338. The fraction of sp³-hybridized carbons (Fsp3) is 1.00. The molecule has 0 aromatic heterocycles. The van der Waals surface area contributed by atoms with Gasteiger partial charge in [0.2, 0.25) is 0 Å². The van der Waals surface area contributed by atoms with Crippen LogP contribution < -0.4 is 0 Å². The van der Waals surface area contributed by atoms with Crippen molar-refractivity contribution in [1.82, 2.24) is 0 Å². The molecule has 0 heterocycles. The molecule has 0 saturated carbocycles. The van der Waals surface area contributed by atoms with Gasteiger partial charge in [-0.05, 0) is 12.8 Å². The average Bonchev–Trinajstić information content (AvgIpc) is 2.78. The first-order valence-electron chi connectivity index (χ1n) is 13.6. The normalized spacial score (nSPS) is 12.6. The first kappa shape index (κ1) is 30.8. The van der Waals surface area contributed by atoms with Gasteiger partial charge in [-0.25, -0.2) is 0 Å². The summed E-state index contributed by atoms with van der Waals surface area (Å²) < 4.78 is 0. The van der Waals surface area contributed by atoms with Crippen molar-refractivity contribution in [2.24, 2.45) is 5.41 Å². The van der Waals surface area contributed by atoms with E-state index in [0.29, 0.717) is 12.8 Å². The first-order valence-corrected chi connectivity index (χ1v) is 13.6. The second-order valence-corrected chi connectivity index (χ2v) is 9.94. The third-order valence-corrected chi connectivity index (χ3v) is 7.28. The van der Waals surface area contributed by atoms with E-state index < -0.39 is 11.0 Å². The van der Waals surface area contributed by atoms with Crippen LogP contribution in [0.25, 0.3) is 0 Å². The lowest BCUT2D eigenvalue weighted by molar-refractivity contribution is -0.162. The Morgan fingerprint density at radius 1 is 0.419 bits per heavy atom. The van der Waals surface area contributed by atoms with E-state index >= 15 is 0 Å². The summed E-state index contributed by atoms with van der Waals surface area (Å²) in [5.41, 5.74) is -2.42. The molecule has 0 fully saturated rings. The second-order valence-electron chi connectivity index (χ2n) is 9.94. The van der Waals surface area contributed by atoms with Crippen LogP contribution >= 0.6 is 0 Å². The number of unbranched alkanes of at least 4 members (excludes halogenated alkanes) is 16. The predicted molar refractivity (Wildman–Crippen MR) is 132 cm³/mol. The Kier molecular flexibility index (Phi) is 20.3. The largest absolute Gasteiger partial charge is 0.395 e. The van der Waals surface area contributed by atoms with Crippen LogP contribution in [0.5, 0.6) is 0 Å². The van der Waals surface area contributed by atoms with Gasteiger partial charge in [0.05, 0.1) is 30.8 Å². The van der Waals surface area contributed by atoms with E-state index in [4.69, 9.17) is 0 Å². The maximum Gasteiger partial charge on any atom is 0.0770 e. The minimum absolute atomic E-state index is 0.384. The third-order valence-electron chi connectivity index (χ3n) is 7.28. The Hall–Kier alpha value is -0.160. The zero-order valence-electron chi connectivity index (χ0n) is 21.1. The smallest absolute Gasteiger partial charge is 0.0770 e. The monoisotopic (exact) mass is 444 g/mol. The molecule has 0 spiro atoms. The number of hydrogen-bond acceptors (Lipinski definition) is 4. The minimum atomic E-state index is -1.21. The SMILES string of the molecule is CCCCCCCCCCCC(O)(CCCCCCCCCCC)C(CO)(CO)CO. The molecule has 0 aliphatic rings. The summed E-state index contributed by atoms with van der Waals surface area (Å²) in [5.74, 6) is 0. The van der Waals surface area contributed by atoms with Crippen LogP contribution in [0.15, 0.2) is 0 Å². The zero-order valence-corrected chi connectivity index (χ0v) is 21.1. The number of hydrogen-bond donors (Lipinski definition) is 4. The molecular weight excluding hydrogens is 388 g/mol. The molecule has 0 bridgehead atoms. The highest BCUT2D eigenvalue weighted by Crippen LogP contribution is 2.39. The highest BCUT2D eigenvalue weighted by molar-refractivity contribution is 4.98. The van der Waals surface area contributed by atoms with Crippen LogP contribution in [0, 0.1) is 5.41 Å². The van der Waals surface area contributed by atoms with E-state index in [0.717, 1.165) is 25.7 Å². The van der Waals surface area contributed by atoms with Crippen LogP contribution in [0.4, 0.5) is 0 Å². The lowest BCUT2D eigenvalue weighted by Gasteiger charge is -2.44. The summed E-state index contributed by atoms with van der Waals surface area (Å²) in [4.78, 5) is 0. The van der Waals surface area contributed by atoms with E-state index in [1.165, 1.54) is 89.9 Å². The van der Waals surface area contributed by atoms with Gasteiger partial charge in [-0.3, -0.25) is 0 Å². The fourth-order valence-electron chi connectivity index (χ4n) is 4.70. The van der Waals surface area contributed by atoms with Crippen molar-refractivity contribution in [2.75, 3.05) is 19.8 Å². The molecule has 0 aromatic rings. The summed E-state index contributed by atoms with van der Waals surface area (Å²) in [5, 5.41) is 41.2. The molecule has 4 heteroatoms. The molecule has 0 aliphatic carbocycles. The maximum atomic E-state index is 11.4. The Balaban J connectivity index is 4.34. The lowest BCUT2D eigenvalue weighted by Crippen LogP contribution is -2.55. The van der Waals surface area contributed by atoms with Crippen LogP contribution in [0.1, 0.15) is 142 Å². The molecule has 0 radical (unpaired) electrons. The van der Waals surface area contributed by atoms with Gasteiger partial charge in [-0.1, -0.05) is 129 Å². The van der Waals surface area contributed by atoms with Crippen molar-refractivity contribution in [3.8, 4) is 0 Å². The standard InChI is InChI=1S/C27H56O4/c1-3-5-7-9-11-13-15-17-19-21-27(31,26(23-28,24-29)25-30)22-20-18-16-14-12-10-8-6-4-2/h28-31H,3-25H2,1-2H3. The molecule has 0 aromatic carbocycles. The van der Waals surface area contributed by atoms with E-state index in [-0.39, 0.29) is 19.8 Å². The number of aliphatic hydroxyl groups excluding tert-OH is 3. The molecule has 0 atom stereocenters. The summed E-state index contributed by atoms with van der Waals surface area (Å²) in [6, 6.07) is 0. The molecule has 0 aliphatic heterocycles. The number of rotatable bonds is 24. The quantitative estimate of drug-likeness (QED) is 0.128. The fourth-order valence-corrected chi connectivity index (χ4v) is 4.70. The van der Waals surface area contributed by atoms with Gasteiger partial charge < -0.3 is 20.4 Å². The summed E-state index contributed by atoms with van der Waals surface area (Å²) in [7, 11) is 0. The van der Waals surface area contributed by atoms with Crippen LogP contribution in [-0.4, -0.2) is 45.8 Å². The van der Waals surface area contributed by atoms with Crippen LogP contribution in [-0.2, 0) is 0 Å². The Labute approximate surface area is 193 Å². The summed E-state index contributed by atoms with van der Waals surface area (Å²) in [6.45, 7) is 3.32. The molecule has 0 rings (SSSR count). The van der Waals surface area contributed by atoms with Gasteiger partial charge in [0, 0.05) is 0 Å².